The molecule has 8 rings (SSSR count). The molecule has 0 unspecified atom stereocenters. The van der Waals surface area contributed by atoms with Crippen molar-refractivity contribution in [1.82, 2.24) is 0 Å². The van der Waals surface area contributed by atoms with Gasteiger partial charge in [-0.05, 0) is 59.2 Å². The fourth-order valence-electron chi connectivity index (χ4n) is 6.05. The summed E-state index contributed by atoms with van der Waals surface area (Å²) in [5.74, 6) is 0. The lowest BCUT2D eigenvalue weighted by Gasteiger charge is -2.17. The Balaban J connectivity index is 1.45. The molecule has 0 aliphatic heterocycles. The summed E-state index contributed by atoms with van der Waals surface area (Å²) in [7, 11) is 0. The first kappa shape index (κ1) is 24.1. The van der Waals surface area contributed by atoms with E-state index < -0.39 is 0 Å². The molecule has 0 aliphatic carbocycles. The maximum Gasteiger partial charge on any atom is 0.136 e. The van der Waals surface area contributed by atoms with Gasteiger partial charge in [-0.25, -0.2) is 0 Å². The molecule has 0 fully saturated rings. The molecule has 0 bridgehead atoms. The summed E-state index contributed by atoms with van der Waals surface area (Å²) in [6.07, 6.45) is 0. The summed E-state index contributed by atoms with van der Waals surface area (Å²) in [5.41, 5.74) is 7.32. The highest BCUT2D eigenvalue weighted by Gasteiger charge is 2.23. The van der Waals surface area contributed by atoms with Gasteiger partial charge in [-0.1, -0.05) is 78.9 Å². The van der Waals surface area contributed by atoms with Gasteiger partial charge >= 0.3 is 0 Å². The molecule has 0 aliphatic rings. The van der Waals surface area contributed by atoms with Crippen LogP contribution in [0.2, 0.25) is 0 Å². The van der Waals surface area contributed by atoms with Crippen LogP contribution in [0.25, 0.3) is 75.5 Å². The molecule has 8 aromatic rings. The van der Waals surface area contributed by atoms with E-state index in [9.17, 15) is 10.5 Å². The van der Waals surface area contributed by atoms with E-state index in [4.69, 9.17) is 4.42 Å². The Morgan fingerprint density at radius 3 is 1.93 bits per heavy atom. The topological polar surface area (TPSA) is 60.7 Å². The molecule has 2 aromatic heterocycles. The van der Waals surface area contributed by atoms with Crippen LogP contribution in [-0.2, 0) is 0 Å². The third-order valence-electron chi connectivity index (χ3n) is 7.99. The van der Waals surface area contributed by atoms with Crippen molar-refractivity contribution in [3.63, 3.8) is 0 Å². The lowest BCUT2D eigenvalue weighted by Crippen LogP contribution is -1.98. The summed E-state index contributed by atoms with van der Waals surface area (Å²) in [6.45, 7) is 0. The van der Waals surface area contributed by atoms with Gasteiger partial charge in [0, 0.05) is 47.6 Å². The largest absolute Gasteiger partial charge is 0.456 e. The normalized spacial score (nSPS) is 11.3. The molecule has 0 atom stereocenters. The summed E-state index contributed by atoms with van der Waals surface area (Å²) in [5, 5.41) is 25.7. The summed E-state index contributed by atoms with van der Waals surface area (Å²) < 4.78 is 8.64. The minimum Gasteiger partial charge on any atom is -0.456 e. The molecule has 194 valence electrons. The van der Waals surface area contributed by atoms with Crippen LogP contribution in [0.5, 0.6) is 0 Å². The number of thiophene rings is 1. The Morgan fingerprint density at radius 2 is 1.12 bits per heavy atom. The fraction of sp³-hybridized carbons (Fsp3) is 0. The second kappa shape index (κ2) is 9.46. The van der Waals surface area contributed by atoms with Crippen molar-refractivity contribution in [2.45, 2.75) is 0 Å². The third kappa shape index (κ3) is 3.64. The van der Waals surface area contributed by atoms with Gasteiger partial charge in [-0.2, -0.15) is 10.5 Å². The van der Waals surface area contributed by atoms with Gasteiger partial charge in [0.05, 0.1) is 11.1 Å². The van der Waals surface area contributed by atoms with Crippen molar-refractivity contribution >= 4 is 53.4 Å². The SMILES string of the molecule is N#Cc1c(-c2ccccc2)cc(-c2ccc3sc4ccccc4c3c2)c(C#N)c1-c1ccc2c(c1)oc1ccccc12. The Bertz CT molecular complexity index is 2430. The van der Waals surface area contributed by atoms with Crippen molar-refractivity contribution in [2.24, 2.45) is 0 Å². The Kier molecular flexibility index (Phi) is 5.44. The van der Waals surface area contributed by atoms with E-state index in [0.29, 0.717) is 16.7 Å². The average molecular weight is 553 g/mol. The van der Waals surface area contributed by atoms with Gasteiger partial charge in [0.15, 0.2) is 0 Å². The van der Waals surface area contributed by atoms with E-state index in [1.54, 1.807) is 11.3 Å². The Morgan fingerprint density at radius 1 is 0.476 bits per heavy atom. The van der Waals surface area contributed by atoms with Gasteiger partial charge in [0.1, 0.15) is 23.3 Å². The highest BCUT2D eigenvalue weighted by atomic mass is 32.1. The minimum absolute atomic E-state index is 0.471. The zero-order chi connectivity index (χ0) is 28.2. The number of benzene rings is 6. The van der Waals surface area contributed by atoms with E-state index in [-0.39, 0.29) is 0 Å². The molecule has 0 radical (unpaired) electrons. The van der Waals surface area contributed by atoms with Crippen molar-refractivity contribution in [3.05, 3.63) is 132 Å². The molecular weight excluding hydrogens is 532 g/mol. The van der Waals surface area contributed by atoms with Crippen LogP contribution in [0.4, 0.5) is 0 Å². The van der Waals surface area contributed by atoms with Crippen LogP contribution >= 0.6 is 11.3 Å². The Labute approximate surface area is 245 Å². The average Bonchev–Trinajstić information content (AvgIpc) is 3.61. The van der Waals surface area contributed by atoms with E-state index in [0.717, 1.165) is 55.1 Å². The number of nitriles is 2. The van der Waals surface area contributed by atoms with Gasteiger partial charge in [0.2, 0.25) is 0 Å². The molecule has 4 heteroatoms. The van der Waals surface area contributed by atoms with E-state index in [2.05, 4.69) is 54.6 Å². The predicted molar refractivity (Wildman–Crippen MR) is 172 cm³/mol. The van der Waals surface area contributed by atoms with Crippen LogP contribution in [0, 0.1) is 22.7 Å². The number of para-hydroxylation sites is 1. The molecule has 42 heavy (non-hydrogen) atoms. The van der Waals surface area contributed by atoms with Crippen molar-refractivity contribution < 1.29 is 4.42 Å². The number of hydrogen-bond donors (Lipinski definition) is 0. The zero-order valence-corrected chi connectivity index (χ0v) is 23.1. The first-order chi connectivity index (χ1) is 20.7. The maximum absolute atomic E-state index is 10.7. The Hall–Kier alpha value is -5.68. The summed E-state index contributed by atoms with van der Waals surface area (Å²) in [6, 6.07) is 45.6. The number of fused-ring (bicyclic) bond motifs is 6. The summed E-state index contributed by atoms with van der Waals surface area (Å²) in [4.78, 5) is 0. The first-order valence-corrected chi connectivity index (χ1v) is 14.4. The molecule has 6 aromatic carbocycles. The van der Waals surface area contributed by atoms with Crippen LogP contribution in [-0.4, -0.2) is 0 Å². The molecule has 2 heterocycles. The highest BCUT2D eigenvalue weighted by molar-refractivity contribution is 7.25. The molecule has 0 saturated carbocycles. The lowest BCUT2D eigenvalue weighted by molar-refractivity contribution is 0.669. The molecule has 3 nitrogen and oxygen atoms in total. The third-order valence-corrected chi connectivity index (χ3v) is 9.14. The monoisotopic (exact) mass is 552 g/mol. The maximum atomic E-state index is 10.7. The zero-order valence-electron chi connectivity index (χ0n) is 22.3. The highest BCUT2D eigenvalue weighted by Crippen LogP contribution is 2.44. The molecule has 0 N–H and O–H groups in total. The van der Waals surface area contributed by atoms with Crippen LogP contribution in [0.15, 0.2) is 126 Å². The first-order valence-electron chi connectivity index (χ1n) is 13.6. The van der Waals surface area contributed by atoms with E-state index in [1.807, 2.05) is 78.9 Å². The van der Waals surface area contributed by atoms with Gasteiger partial charge in [-0.3, -0.25) is 0 Å². The van der Waals surface area contributed by atoms with Crippen molar-refractivity contribution in [3.8, 4) is 45.5 Å². The van der Waals surface area contributed by atoms with Crippen LogP contribution < -0.4 is 0 Å². The quantitative estimate of drug-likeness (QED) is 0.219. The standard InChI is InChI=1S/C38H20N2OS/c39-21-32-29(23-8-2-1-3-9-23)20-30(24-15-17-37-31(18-24)28-11-5-7-13-36(28)42-37)33(22-40)38(32)25-14-16-27-26-10-4-6-12-34(26)41-35(27)19-25/h1-20H. The van der Waals surface area contributed by atoms with E-state index >= 15 is 0 Å². The number of furan rings is 1. The number of rotatable bonds is 3. The molecule has 0 amide bonds. The minimum atomic E-state index is 0.471. The van der Waals surface area contributed by atoms with E-state index in [1.165, 1.54) is 14.8 Å². The van der Waals surface area contributed by atoms with Gasteiger partial charge in [-0.15, -0.1) is 11.3 Å². The fourth-order valence-corrected chi connectivity index (χ4v) is 7.14. The van der Waals surface area contributed by atoms with Gasteiger partial charge in [0.25, 0.3) is 0 Å². The van der Waals surface area contributed by atoms with Crippen molar-refractivity contribution in [1.29, 1.82) is 10.5 Å². The smallest absolute Gasteiger partial charge is 0.136 e. The second-order valence-electron chi connectivity index (χ2n) is 10.3. The molecule has 0 spiro atoms. The summed E-state index contributed by atoms with van der Waals surface area (Å²) >= 11 is 1.77. The molecular formula is C38H20N2OS. The lowest BCUT2D eigenvalue weighted by atomic mass is 9.83. The van der Waals surface area contributed by atoms with Crippen molar-refractivity contribution in [2.75, 3.05) is 0 Å². The number of nitrogens with zero attached hydrogens (tertiary/aromatic N) is 2. The van der Waals surface area contributed by atoms with Gasteiger partial charge < -0.3 is 4.42 Å². The van der Waals surface area contributed by atoms with Crippen LogP contribution in [0.1, 0.15) is 11.1 Å². The number of hydrogen-bond acceptors (Lipinski definition) is 4. The van der Waals surface area contributed by atoms with Crippen LogP contribution in [0.3, 0.4) is 0 Å². The second-order valence-corrected chi connectivity index (χ2v) is 11.4. The predicted octanol–water partition coefficient (Wildman–Crippen LogP) is 10.7. The molecule has 0 saturated heterocycles.